The van der Waals surface area contributed by atoms with Crippen LogP contribution in [-0.2, 0) is 7.05 Å². The van der Waals surface area contributed by atoms with Crippen molar-refractivity contribution < 1.29 is 0 Å². The highest BCUT2D eigenvalue weighted by Crippen LogP contribution is 2.26. The molecule has 2 fully saturated rings. The van der Waals surface area contributed by atoms with Crippen LogP contribution in [0.4, 0.5) is 0 Å². The van der Waals surface area contributed by atoms with E-state index in [-0.39, 0.29) is 24.0 Å². The van der Waals surface area contributed by atoms with Crippen LogP contribution in [0.5, 0.6) is 0 Å². The summed E-state index contributed by atoms with van der Waals surface area (Å²) in [6.07, 6.45) is 9.40. The number of rotatable bonds is 5. The molecule has 6 nitrogen and oxygen atoms in total. The molecule has 2 saturated heterocycles. The zero-order valence-corrected chi connectivity index (χ0v) is 18.9. The molecule has 0 bridgehead atoms. The van der Waals surface area contributed by atoms with Crippen LogP contribution in [0.25, 0.3) is 0 Å². The largest absolute Gasteiger partial charge is 0.357 e. The van der Waals surface area contributed by atoms with E-state index in [0.29, 0.717) is 12.0 Å². The topological polar surface area (TPSA) is 48.7 Å². The third-order valence-corrected chi connectivity index (χ3v) is 5.61. The molecule has 148 valence electrons. The molecule has 0 radical (unpaired) electrons. The van der Waals surface area contributed by atoms with E-state index in [4.69, 9.17) is 4.99 Å². The van der Waals surface area contributed by atoms with Crippen LogP contribution < -0.4 is 5.32 Å². The summed E-state index contributed by atoms with van der Waals surface area (Å²) in [5, 5.41) is 7.81. The number of nitrogens with one attached hydrogen (secondary N) is 1. The number of likely N-dealkylation sites (tertiary alicyclic amines) is 2. The van der Waals surface area contributed by atoms with Crippen LogP contribution in [0, 0.1) is 0 Å². The summed E-state index contributed by atoms with van der Waals surface area (Å²) in [5.74, 6) is 1.65. The van der Waals surface area contributed by atoms with E-state index in [9.17, 15) is 0 Å². The highest BCUT2D eigenvalue weighted by molar-refractivity contribution is 14.0. The monoisotopic (exact) mass is 474 g/mol. The fraction of sp³-hybridized carbons (Fsp3) is 0.789. The van der Waals surface area contributed by atoms with E-state index < -0.39 is 0 Å². The van der Waals surface area contributed by atoms with Gasteiger partial charge in [-0.05, 0) is 45.2 Å². The summed E-state index contributed by atoms with van der Waals surface area (Å²) in [6, 6.07) is 0.716. The standard InChI is InChI=1S/C19H34N6.HI/c1-4-20-19(21-9-12-24-10-6-5-7-16(24)2)25-11-8-17(15-25)18-13-22-23(3)14-18;/h13-14,16-17H,4-12,15H2,1-3H3,(H,20,21);1H. The van der Waals surface area contributed by atoms with E-state index in [1.54, 1.807) is 0 Å². The minimum atomic E-state index is 0. The van der Waals surface area contributed by atoms with Crippen LogP contribution >= 0.6 is 24.0 Å². The lowest BCUT2D eigenvalue weighted by atomic mass is 10.0. The van der Waals surface area contributed by atoms with Crippen molar-refractivity contribution in [1.82, 2.24) is 24.9 Å². The fourth-order valence-corrected chi connectivity index (χ4v) is 4.08. The molecule has 7 heteroatoms. The number of piperidine rings is 1. The van der Waals surface area contributed by atoms with Gasteiger partial charge < -0.3 is 10.2 Å². The Morgan fingerprint density at radius 3 is 2.85 bits per heavy atom. The number of aryl methyl sites for hydroxylation is 1. The average molecular weight is 474 g/mol. The molecule has 2 unspecified atom stereocenters. The minimum absolute atomic E-state index is 0. The average Bonchev–Trinajstić information content (AvgIpc) is 3.24. The zero-order chi connectivity index (χ0) is 17.6. The predicted octanol–water partition coefficient (Wildman–Crippen LogP) is 2.67. The molecule has 1 aromatic heterocycles. The third kappa shape index (κ3) is 5.58. The lowest BCUT2D eigenvalue weighted by Gasteiger charge is -2.33. The van der Waals surface area contributed by atoms with Crippen LogP contribution in [0.1, 0.15) is 51.0 Å². The first-order valence-electron chi connectivity index (χ1n) is 9.93. The summed E-state index contributed by atoms with van der Waals surface area (Å²) in [4.78, 5) is 9.94. The van der Waals surface area contributed by atoms with Crippen molar-refractivity contribution in [3.8, 4) is 0 Å². The molecule has 3 rings (SSSR count). The van der Waals surface area contributed by atoms with Crippen LogP contribution in [0.2, 0.25) is 0 Å². The quantitative estimate of drug-likeness (QED) is 0.405. The number of hydrogen-bond donors (Lipinski definition) is 1. The first-order valence-corrected chi connectivity index (χ1v) is 9.93. The van der Waals surface area contributed by atoms with Crippen LogP contribution in [0.3, 0.4) is 0 Å². The SMILES string of the molecule is CCNC(=NCCN1CCCCC1C)N1CCC(c2cnn(C)c2)C1.I. The Morgan fingerprint density at radius 1 is 1.31 bits per heavy atom. The third-order valence-electron chi connectivity index (χ3n) is 5.61. The van der Waals surface area contributed by atoms with Gasteiger partial charge in [0.1, 0.15) is 0 Å². The van der Waals surface area contributed by atoms with Crippen molar-refractivity contribution >= 4 is 29.9 Å². The van der Waals surface area contributed by atoms with E-state index >= 15 is 0 Å². The second-order valence-electron chi connectivity index (χ2n) is 7.50. The fourth-order valence-electron chi connectivity index (χ4n) is 4.08. The smallest absolute Gasteiger partial charge is 0.193 e. The van der Waals surface area contributed by atoms with Gasteiger partial charge in [0, 0.05) is 51.4 Å². The molecule has 2 atom stereocenters. The molecule has 1 aromatic rings. The van der Waals surface area contributed by atoms with Gasteiger partial charge in [0.2, 0.25) is 0 Å². The minimum Gasteiger partial charge on any atom is -0.357 e. The number of aliphatic imine (C=N–C) groups is 1. The second kappa shape index (κ2) is 10.5. The van der Waals surface area contributed by atoms with E-state index in [1.165, 1.54) is 37.8 Å². The molecule has 3 heterocycles. The Hall–Kier alpha value is -0.830. The molecular weight excluding hydrogens is 439 g/mol. The van der Waals surface area contributed by atoms with Gasteiger partial charge in [-0.25, -0.2) is 0 Å². The highest BCUT2D eigenvalue weighted by atomic mass is 127. The first kappa shape index (κ1) is 21.5. The van der Waals surface area contributed by atoms with Crippen molar-refractivity contribution in [2.75, 3.05) is 39.3 Å². The number of guanidine groups is 1. The van der Waals surface area contributed by atoms with Gasteiger partial charge in [-0.3, -0.25) is 14.6 Å². The van der Waals surface area contributed by atoms with E-state index in [0.717, 1.165) is 38.7 Å². The zero-order valence-electron chi connectivity index (χ0n) is 16.5. The Balaban J connectivity index is 0.00000243. The summed E-state index contributed by atoms with van der Waals surface area (Å²) in [7, 11) is 1.99. The maximum absolute atomic E-state index is 4.93. The maximum Gasteiger partial charge on any atom is 0.193 e. The summed E-state index contributed by atoms with van der Waals surface area (Å²) >= 11 is 0. The van der Waals surface area contributed by atoms with Gasteiger partial charge in [-0.1, -0.05) is 6.42 Å². The van der Waals surface area contributed by atoms with Gasteiger partial charge in [0.05, 0.1) is 12.7 Å². The molecule has 0 spiro atoms. The normalized spacial score (nSPS) is 24.6. The molecule has 2 aliphatic rings. The molecule has 0 amide bonds. The van der Waals surface area contributed by atoms with Gasteiger partial charge in [-0.2, -0.15) is 5.10 Å². The van der Waals surface area contributed by atoms with Crippen molar-refractivity contribution in [3.05, 3.63) is 18.0 Å². The molecule has 26 heavy (non-hydrogen) atoms. The van der Waals surface area contributed by atoms with Crippen molar-refractivity contribution in [2.45, 2.75) is 51.5 Å². The van der Waals surface area contributed by atoms with Gasteiger partial charge in [-0.15, -0.1) is 24.0 Å². The number of aromatic nitrogens is 2. The van der Waals surface area contributed by atoms with Crippen molar-refractivity contribution in [1.29, 1.82) is 0 Å². The lowest BCUT2D eigenvalue weighted by Crippen LogP contribution is -2.42. The Kier molecular flexibility index (Phi) is 8.66. The number of nitrogens with zero attached hydrogens (tertiary/aromatic N) is 5. The molecule has 0 saturated carbocycles. The molecule has 0 aromatic carbocycles. The Labute approximate surface area is 175 Å². The van der Waals surface area contributed by atoms with E-state index in [2.05, 4.69) is 40.3 Å². The molecule has 1 N–H and O–H groups in total. The van der Waals surface area contributed by atoms with Gasteiger partial charge in [0.25, 0.3) is 0 Å². The van der Waals surface area contributed by atoms with E-state index in [1.807, 2.05) is 17.9 Å². The van der Waals surface area contributed by atoms with Crippen molar-refractivity contribution in [2.24, 2.45) is 12.0 Å². The predicted molar refractivity (Wildman–Crippen MR) is 118 cm³/mol. The maximum atomic E-state index is 4.93. The summed E-state index contributed by atoms with van der Waals surface area (Å²) in [6.45, 7) is 10.7. The summed E-state index contributed by atoms with van der Waals surface area (Å²) < 4.78 is 1.90. The lowest BCUT2D eigenvalue weighted by molar-refractivity contribution is 0.165. The second-order valence-corrected chi connectivity index (χ2v) is 7.50. The molecule has 2 aliphatic heterocycles. The van der Waals surface area contributed by atoms with Crippen LogP contribution in [-0.4, -0.2) is 70.9 Å². The Morgan fingerprint density at radius 2 is 2.15 bits per heavy atom. The Bertz CT molecular complexity index is 572. The summed E-state index contributed by atoms with van der Waals surface area (Å²) in [5.41, 5.74) is 1.35. The van der Waals surface area contributed by atoms with Gasteiger partial charge >= 0.3 is 0 Å². The van der Waals surface area contributed by atoms with Crippen LogP contribution in [0.15, 0.2) is 17.4 Å². The highest BCUT2D eigenvalue weighted by Gasteiger charge is 2.27. The van der Waals surface area contributed by atoms with Crippen molar-refractivity contribution in [3.63, 3.8) is 0 Å². The number of hydrogen-bond acceptors (Lipinski definition) is 3. The first-order chi connectivity index (χ1) is 12.2. The molecular formula is C19H35IN6. The molecule has 0 aliphatic carbocycles. The van der Waals surface area contributed by atoms with Gasteiger partial charge in [0.15, 0.2) is 5.96 Å². The number of halogens is 1.